The van der Waals surface area contributed by atoms with E-state index >= 15 is 0 Å². The van der Waals surface area contributed by atoms with Gasteiger partial charge in [0.05, 0.1) is 6.04 Å². The van der Waals surface area contributed by atoms with Gasteiger partial charge in [0, 0.05) is 18.1 Å². The molecular formula is C16H28N2O. The van der Waals surface area contributed by atoms with Gasteiger partial charge >= 0.3 is 0 Å². The quantitative estimate of drug-likeness (QED) is 0.790. The van der Waals surface area contributed by atoms with Gasteiger partial charge < -0.3 is 10.2 Å². The molecule has 2 saturated heterocycles. The summed E-state index contributed by atoms with van der Waals surface area (Å²) in [5.74, 6) is 1.20. The van der Waals surface area contributed by atoms with E-state index in [-0.39, 0.29) is 11.6 Å². The van der Waals surface area contributed by atoms with Crippen LogP contribution in [0.3, 0.4) is 0 Å². The number of rotatable bonds is 1. The highest BCUT2D eigenvalue weighted by Crippen LogP contribution is 2.34. The van der Waals surface area contributed by atoms with Crippen molar-refractivity contribution < 1.29 is 4.79 Å². The van der Waals surface area contributed by atoms with Crippen LogP contribution in [0.1, 0.15) is 65.2 Å². The minimum atomic E-state index is 0.0716. The largest absolute Gasteiger partial charge is 0.336 e. The zero-order valence-corrected chi connectivity index (χ0v) is 12.5. The van der Waals surface area contributed by atoms with E-state index < -0.39 is 0 Å². The highest BCUT2D eigenvalue weighted by atomic mass is 16.2. The van der Waals surface area contributed by atoms with Crippen molar-refractivity contribution in [1.82, 2.24) is 10.2 Å². The Morgan fingerprint density at radius 3 is 2.63 bits per heavy atom. The van der Waals surface area contributed by atoms with E-state index in [4.69, 9.17) is 0 Å². The van der Waals surface area contributed by atoms with Crippen molar-refractivity contribution in [3.63, 3.8) is 0 Å². The summed E-state index contributed by atoms with van der Waals surface area (Å²) in [4.78, 5) is 14.9. The molecule has 0 spiro atoms. The van der Waals surface area contributed by atoms with Crippen LogP contribution >= 0.6 is 0 Å². The molecule has 1 amide bonds. The second kappa shape index (κ2) is 5.08. The standard InChI is InChI=1S/C16H28N2O/c1-16(2)10-5-11-18(16)15(19)14-9-8-12-6-3-4-7-13(12)17-14/h12-14,17H,3-11H2,1-2H3. The smallest absolute Gasteiger partial charge is 0.240 e. The summed E-state index contributed by atoms with van der Waals surface area (Å²) < 4.78 is 0. The summed E-state index contributed by atoms with van der Waals surface area (Å²) in [7, 11) is 0. The van der Waals surface area contributed by atoms with Gasteiger partial charge in [0.25, 0.3) is 0 Å². The average molecular weight is 264 g/mol. The summed E-state index contributed by atoms with van der Waals surface area (Å²) >= 11 is 0. The monoisotopic (exact) mass is 264 g/mol. The molecule has 108 valence electrons. The normalized spacial score (nSPS) is 38.0. The minimum absolute atomic E-state index is 0.0716. The van der Waals surface area contributed by atoms with Gasteiger partial charge in [0.1, 0.15) is 0 Å². The fourth-order valence-electron chi connectivity index (χ4n) is 4.39. The van der Waals surface area contributed by atoms with E-state index in [2.05, 4.69) is 24.1 Å². The number of likely N-dealkylation sites (tertiary alicyclic amines) is 1. The van der Waals surface area contributed by atoms with Crippen molar-refractivity contribution in [3.8, 4) is 0 Å². The lowest BCUT2D eigenvalue weighted by molar-refractivity contribution is -0.138. The lowest BCUT2D eigenvalue weighted by Gasteiger charge is -2.42. The molecule has 1 aliphatic carbocycles. The molecule has 3 unspecified atom stereocenters. The first kappa shape index (κ1) is 13.4. The molecule has 0 aromatic rings. The van der Waals surface area contributed by atoms with E-state index in [0.717, 1.165) is 31.7 Å². The highest BCUT2D eigenvalue weighted by Gasteiger charge is 2.41. The van der Waals surface area contributed by atoms with E-state index in [0.29, 0.717) is 11.9 Å². The fourth-order valence-corrected chi connectivity index (χ4v) is 4.39. The Hall–Kier alpha value is -0.570. The Morgan fingerprint density at radius 2 is 1.89 bits per heavy atom. The van der Waals surface area contributed by atoms with Crippen molar-refractivity contribution in [2.45, 2.75) is 82.8 Å². The summed E-state index contributed by atoms with van der Waals surface area (Å²) in [6.07, 6.45) is 9.99. The molecule has 1 saturated carbocycles. The molecule has 2 aliphatic heterocycles. The molecular weight excluding hydrogens is 236 g/mol. The third-order valence-electron chi connectivity index (χ3n) is 5.62. The molecule has 3 fully saturated rings. The second-order valence-electron chi connectivity index (χ2n) is 7.35. The Bertz CT molecular complexity index is 353. The van der Waals surface area contributed by atoms with E-state index in [1.165, 1.54) is 32.1 Å². The van der Waals surface area contributed by atoms with Crippen molar-refractivity contribution in [1.29, 1.82) is 0 Å². The van der Waals surface area contributed by atoms with Crippen LogP contribution < -0.4 is 5.32 Å². The van der Waals surface area contributed by atoms with Crippen LogP contribution in [0.5, 0.6) is 0 Å². The van der Waals surface area contributed by atoms with Crippen molar-refractivity contribution in [2.24, 2.45) is 5.92 Å². The maximum Gasteiger partial charge on any atom is 0.240 e. The number of fused-ring (bicyclic) bond motifs is 1. The maximum absolute atomic E-state index is 12.8. The second-order valence-corrected chi connectivity index (χ2v) is 7.35. The maximum atomic E-state index is 12.8. The lowest BCUT2D eigenvalue weighted by Crippen LogP contribution is -2.57. The van der Waals surface area contributed by atoms with Crippen LogP contribution in [-0.4, -0.2) is 35.0 Å². The molecule has 0 bridgehead atoms. The third-order valence-corrected chi connectivity index (χ3v) is 5.62. The topological polar surface area (TPSA) is 32.3 Å². The molecule has 0 radical (unpaired) electrons. The average Bonchev–Trinajstić information content (AvgIpc) is 2.77. The van der Waals surface area contributed by atoms with E-state index in [1.54, 1.807) is 0 Å². The molecule has 3 heteroatoms. The van der Waals surface area contributed by atoms with Gasteiger partial charge in [-0.25, -0.2) is 0 Å². The van der Waals surface area contributed by atoms with Gasteiger partial charge in [0.2, 0.25) is 5.91 Å². The number of piperidine rings is 1. The number of carbonyl (C=O) groups is 1. The van der Waals surface area contributed by atoms with Crippen molar-refractivity contribution in [2.75, 3.05) is 6.54 Å². The number of carbonyl (C=O) groups excluding carboxylic acids is 1. The Morgan fingerprint density at radius 1 is 1.11 bits per heavy atom. The predicted octanol–water partition coefficient (Wildman–Crippen LogP) is 2.70. The molecule has 1 N–H and O–H groups in total. The van der Waals surface area contributed by atoms with Gasteiger partial charge in [-0.2, -0.15) is 0 Å². The number of hydrogen-bond acceptors (Lipinski definition) is 2. The van der Waals surface area contributed by atoms with Crippen LogP contribution in [0, 0.1) is 5.92 Å². The first-order chi connectivity index (χ1) is 9.08. The summed E-state index contributed by atoms with van der Waals surface area (Å²) in [5, 5.41) is 3.68. The SMILES string of the molecule is CC1(C)CCCN1C(=O)C1CCC2CCCCC2N1. The number of amides is 1. The Labute approximate surface area is 117 Å². The Kier molecular flexibility index (Phi) is 3.59. The molecule has 3 rings (SSSR count). The summed E-state index contributed by atoms with van der Waals surface area (Å²) in [5.41, 5.74) is 0.0716. The number of hydrogen-bond donors (Lipinski definition) is 1. The molecule has 3 nitrogen and oxygen atoms in total. The highest BCUT2D eigenvalue weighted by molar-refractivity contribution is 5.83. The van der Waals surface area contributed by atoms with Crippen molar-refractivity contribution in [3.05, 3.63) is 0 Å². The zero-order chi connectivity index (χ0) is 13.5. The van der Waals surface area contributed by atoms with Crippen molar-refractivity contribution >= 4 is 5.91 Å². The van der Waals surface area contributed by atoms with Crippen LogP contribution in [0.25, 0.3) is 0 Å². The molecule has 0 aromatic heterocycles. The van der Waals surface area contributed by atoms with Crippen LogP contribution in [-0.2, 0) is 4.79 Å². The molecule has 3 aliphatic rings. The van der Waals surface area contributed by atoms with E-state index in [9.17, 15) is 4.79 Å². The molecule has 3 atom stereocenters. The summed E-state index contributed by atoms with van der Waals surface area (Å²) in [6.45, 7) is 5.38. The van der Waals surface area contributed by atoms with Crippen LogP contribution in [0.2, 0.25) is 0 Å². The van der Waals surface area contributed by atoms with Gasteiger partial charge in [-0.05, 0) is 58.3 Å². The molecule has 2 heterocycles. The first-order valence-electron chi connectivity index (χ1n) is 8.15. The van der Waals surface area contributed by atoms with Crippen LogP contribution in [0.15, 0.2) is 0 Å². The van der Waals surface area contributed by atoms with Gasteiger partial charge in [-0.1, -0.05) is 12.8 Å². The minimum Gasteiger partial charge on any atom is -0.336 e. The van der Waals surface area contributed by atoms with Crippen LogP contribution in [0.4, 0.5) is 0 Å². The zero-order valence-electron chi connectivity index (χ0n) is 12.5. The Balaban J connectivity index is 1.64. The van der Waals surface area contributed by atoms with E-state index in [1.807, 2.05) is 0 Å². The van der Waals surface area contributed by atoms with Gasteiger partial charge in [0.15, 0.2) is 0 Å². The number of nitrogens with zero attached hydrogens (tertiary/aromatic N) is 1. The predicted molar refractivity (Wildman–Crippen MR) is 76.9 cm³/mol. The van der Waals surface area contributed by atoms with Gasteiger partial charge in [-0.3, -0.25) is 4.79 Å². The van der Waals surface area contributed by atoms with Gasteiger partial charge in [-0.15, -0.1) is 0 Å². The third kappa shape index (κ3) is 2.54. The molecule has 19 heavy (non-hydrogen) atoms. The first-order valence-corrected chi connectivity index (χ1v) is 8.15. The molecule has 0 aromatic carbocycles. The fraction of sp³-hybridized carbons (Fsp3) is 0.938. The lowest BCUT2D eigenvalue weighted by atomic mass is 9.77. The summed E-state index contributed by atoms with van der Waals surface area (Å²) in [6, 6.07) is 0.707. The number of nitrogens with one attached hydrogen (secondary N) is 1.